The Labute approximate surface area is 122 Å². The zero-order valence-electron chi connectivity index (χ0n) is 11.7. The molecule has 3 rings (SSSR count). The van der Waals surface area contributed by atoms with Gasteiger partial charge in [0.05, 0.1) is 0 Å². The monoisotopic (exact) mass is 295 g/mol. The standard InChI is InChI=1S/C13H21N5OS/c1-18-5-4-8(7-18)6-15-12(19)10-11(14)17-13(20-10)16-9-2-3-9/h8-9H,2-7,14H2,1H3,(H,15,19)(H,16,17). The summed E-state index contributed by atoms with van der Waals surface area (Å²) >= 11 is 1.35. The summed E-state index contributed by atoms with van der Waals surface area (Å²) in [6.45, 7) is 2.87. The van der Waals surface area contributed by atoms with Crippen molar-refractivity contribution in [3.8, 4) is 0 Å². The van der Waals surface area contributed by atoms with E-state index in [1.165, 1.54) is 24.2 Å². The summed E-state index contributed by atoms with van der Waals surface area (Å²) < 4.78 is 0. The molecule has 0 bridgehead atoms. The number of rotatable bonds is 5. The number of nitrogens with zero attached hydrogens (tertiary/aromatic N) is 2. The van der Waals surface area contributed by atoms with E-state index in [1.54, 1.807) is 0 Å². The highest BCUT2D eigenvalue weighted by Crippen LogP contribution is 2.30. The number of thiazole rings is 1. The van der Waals surface area contributed by atoms with Gasteiger partial charge >= 0.3 is 0 Å². The molecule has 1 aliphatic carbocycles. The lowest BCUT2D eigenvalue weighted by Gasteiger charge is -2.11. The second-order valence-corrected chi connectivity index (χ2v) is 6.78. The molecule has 1 aliphatic heterocycles. The van der Waals surface area contributed by atoms with Crippen molar-refractivity contribution >= 4 is 28.2 Å². The van der Waals surface area contributed by atoms with Gasteiger partial charge in [0.25, 0.3) is 5.91 Å². The van der Waals surface area contributed by atoms with Gasteiger partial charge in [0, 0.05) is 19.1 Å². The van der Waals surface area contributed by atoms with Crippen LogP contribution in [0.3, 0.4) is 0 Å². The first kappa shape index (κ1) is 13.6. The quantitative estimate of drug-likeness (QED) is 0.754. The van der Waals surface area contributed by atoms with Crippen molar-refractivity contribution in [1.82, 2.24) is 15.2 Å². The molecule has 2 fully saturated rings. The summed E-state index contributed by atoms with van der Waals surface area (Å²) in [6, 6.07) is 0.519. The highest BCUT2D eigenvalue weighted by Gasteiger charge is 2.25. The number of hydrogen-bond donors (Lipinski definition) is 3. The van der Waals surface area contributed by atoms with Gasteiger partial charge in [-0.1, -0.05) is 11.3 Å². The minimum absolute atomic E-state index is 0.0987. The van der Waals surface area contributed by atoms with E-state index < -0.39 is 0 Å². The van der Waals surface area contributed by atoms with Gasteiger partial charge < -0.3 is 21.3 Å². The molecule has 1 amide bonds. The van der Waals surface area contributed by atoms with Gasteiger partial charge in [0.1, 0.15) is 10.7 Å². The highest BCUT2D eigenvalue weighted by molar-refractivity contribution is 7.18. The van der Waals surface area contributed by atoms with Crippen LogP contribution in [0.15, 0.2) is 0 Å². The zero-order chi connectivity index (χ0) is 14.1. The summed E-state index contributed by atoms with van der Waals surface area (Å²) in [6.07, 6.45) is 3.50. The van der Waals surface area contributed by atoms with Crippen molar-refractivity contribution in [3.05, 3.63) is 4.88 Å². The molecule has 0 radical (unpaired) electrons. The van der Waals surface area contributed by atoms with Crippen LogP contribution in [0.1, 0.15) is 28.9 Å². The predicted octanol–water partition coefficient (Wildman–Crippen LogP) is 0.981. The van der Waals surface area contributed by atoms with Crippen molar-refractivity contribution < 1.29 is 4.79 Å². The smallest absolute Gasteiger partial charge is 0.265 e. The third-order valence-corrected chi connectivity index (χ3v) is 4.81. The summed E-state index contributed by atoms with van der Waals surface area (Å²) in [7, 11) is 2.11. The Morgan fingerprint density at radius 1 is 1.50 bits per heavy atom. The van der Waals surface area contributed by atoms with E-state index >= 15 is 0 Å². The lowest BCUT2D eigenvalue weighted by atomic mass is 10.1. The molecular formula is C13H21N5OS. The fourth-order valence-corrected chi connectivity index (χ4v) is 3.35. The first-order chi connectivity index (χ1) is 9.61. The van der Waals surface area contributed by atoms with Gasteiger partial charge in [-0.25, -0.2) is 4.98 Å². The van der Waals surface area contributed by atoms with Gasteiger partial charge in [0.2, 0.25) is 0 Å². The second-order valence-electron chi connectivity index (χ2n) is 5.78. The molecule has 0 spiro atoms. The fourth-order valence-electron chi connectivity index (χ4n) is 2.47. The van der Waals surface area contributed by atoms with E-state index in [0.29, 0.717) is 29.2 Å². The van der Waals surface area contributed by atoms with Gasteiger partial charge in [0.15, 0.2) is 5.13 Å². The highest BCUT2D eigenvalue weighted by atomic mass is 32.1. The van der Waals surface area contributed by atoms with Crippen LogP contribution in [0.5, 0.6) is 0 Å². The Balaban J connectivity index is 1.54. The fraction of sp³-hybridized carbons (Fsp3) is 0.692. The summed E-state index contributed by atoms with van der Waals surface area (Å²) in [5.74, 6) is 0.778. The lowest BCUT2D eigenvalue weighted by Crippen LogP contribution is -2.30. The number of anilines is 2. The molecule has 1 atom stereocenters. The minimum Gasteiger partial charge on any atom is -0.382 e. The van der Waals surface area contributed by atoms with Crippen LogP contribution in [-0.2, 0) is 0 Å². The first-order valence-corrected chi connectivity index (χ1v) is 7.93. The first-order valence-electron chi connectivity index (χ1n) is 7.11. The number of likely N-dealkylation sites (tertiary alicyclic amines) is 1. The number of carbonyl (C=O) groups is 1. The van der Waals surface area contributed by atoms with Crippen LogP contribution >= 0.6 is 11.3 Å². The number of carbonyl (C=O) groups excluding carboxylic acids is 1. The topological polar surface area (TPSA) is 83.3 Å². The molecule has 2 heterocycles. The Morgan fingerprint density at radius 3 is 2.95 bits per heavy atom. The summed E-state index contributed by atoms with van der Waals surface area (Å²) in [5.41, 5.74) is 5.83. The SMILES string of the molecule is CN1CCC(CNC(=O)c2sc(NC3CC3)nc2N)C1. The van der Waals surface area contributed by atoms with Crippen LogP contribution in [0.2, 0.25) is 0 Å². The normalized spacial score (nSPS) is 22.9. The largest absolute Gasteiger partial charge is 0.382 e. The summed E-state index contributed by atoms with van der Waals surface area (Å²) in [5, 5.41) is 7.02. The van der Waals surface area contributed by atoms with E-state index in [9.17, 15) is 4.79 Å². The minimum atomic E-state index is -0.0987. The molecule has 20 heavy (non-hydrogen) atoms. The van der Waals surface area contributed by atoms with Crippen molar-refractivity contribution in [2.45, 2.75) is 25.3 Å². The third-order valence-electron chi connectivity index (χ3n) is 3.80. The van der Waals surface area contributed by atoms with Crippen molar-refractivity contribution in [3.63, 3.8) is 0 Å². The lowest BCUT2D eigenvalue weighted by molar-refractivity contribution is 0.0952. The molecule has 1 aromatic rings. The molecular weight excluding hydrogens is 274 g/mol. The van der Waals surface area contributed by atoms with Gasteiger partial charge in [-0.2, -0.15) is 0 Å². The average molecular weight is 295 g/mol. The Hall–Kier alpha value is -1.34. The maximum atomic E-state index is 12.2. The Kier molecular flexibility index (Phi) is 3.80. The van der Waals surface area contributed by atoms with Crippen molar-refractivity contribution in [2.24, 2.45) is 5.92 Å². The number of nitrogen functional groups attached to an aromatic ring is 1. The van der Waals surface area contributed by atoms with Gasteiger partial charge in [-0.05, 0) is 38.8 Å². The Morgan fingerprint density at radius 2 is 2.30 bits per heavy atom. The average Bonchev–Trinajstić information content (AvgIpc) is 3.00. The molecule has 1 aromatic heterocycles. The van der Waals surface area contributed by atoms with Crippen LogP contribution in [0, 0.1) is 5.92 Å². The Bertz CT molecular complexity index is 499. The van der Waals surface area contributed by atoms with E-state index in [0.717, 1.165) is 24.6 Å². The molecule has 110 valence electrons. The van der Waals surface area contributed by atoms with E-state index in [1.807, 2.05) is 0 Å². The zero-order valence-corrected chi connectivity index (χ0v) is 12.5. The number of nitrogens with two attached hydrogens (primary N) is 1. The molecule has 1 unspecified atom stereocenters. The van der Waals surface area contributed by atoms with Crippen LogP contribution < -0.4 is 16.4 Å². The van der Waals surface area contributed by atoms with E-state index in [-0.39, 0.29) is 5.91 Å². The number of aromatic nitrogens is 1. The van der Waals surface area contributed by atoms with Crippen LogP contribution in [0.25, 0.3) is 0 Å². The van der Waals surface area contributed by atoms with E-state index in [2.05, 4.69) is 27.6 Å². The van der Waals surface area contributed by atoms with Crippen molar-refractivity contribution in [2.75, 3.05) is 37.7 Å². The van der Waals surface area contributed by atoms with Gasteiger partial charge in [-0.15, -0.1) is 0 Å². The van der Waals surface area contributed by atoms with Crippen LogP contribution in [0.4, 0.5) is 10.9 Å². The van der Waals surface area contributed by atoms with Gasteiger partial charge in [-0.3, -0.25) is 4.79 Å². The second kappa shape index (κ2) is 5.57. The molecule has 1 saturated heterocycles. The number of amides is 1. The molecule has 1 saturated carbocycles. The van der Waals surface area contributed by atoms with E-state index in [4.69, 9.17) is 5.73 Å². The molecule has 6 nitrogen and oxygen atoms in total. The molecule has 2 aliphatic rings. The predicted molar refractivity (Wildman–Crippen MR) is 81.1 cm³/mol. The summed E-state index contributed by atoms with van der Waals surface area (Å²) in [4.78, 5) is 19.2. The number of hydrogen-bond acceptors (Lipinski definition) is 6. The van der Waals surface area contributed by atoms with Crippen LogP contribution in [-0.4, -0.2) is 48.5 Å². The molecule has 0 aromatic carbocycles. The maximum Gasteiger partial charge on any atom is 0.265 e. The molecule has 7 heteroatoms. The maximum absolute atomic E-state index is 12.2. The van der Waals surface area contributed by atoms with Crippen molar-refractivity contribution in [1.29, 1.82) is 0 Å². The molecule has 4 N–H and O–H groups in total. The number of nitrogens with one attached hydrogen (secondary N) is 2. The third kappa shape index (κ3) is 3.21.